The molecule has 2 rings (SSSR count). The van der Waals surface area contributed by atoms with Crippen LogP contribution in [-0.2, 0) is 11.3 Å². The van der Waals surface area contributed by atoms with Gasteiger partial charge in [-0.15, -0.1) is 0 Å². The molecule has 1 aromatic carbocycles. The molecule has 0 fully saturated rings. The summed E-state index contributed by atoms with van der Waals surface area (Å²) < 4.78 is 16.9. The van der Waals surface area contributed by atoms with Gasteiger partial charge < -0.3 is 9.84 Å². The van der Waals surface area contributed by atoms with Gasteiger partial charge in [0, 0.05) is 5.39 Å². The van der Waals surface area contributed by atoms with Crippen LogP contribution in [0.3, 0.4) is 0 Å². The lowest BCUT2D eigenvalue weighted by Gasteiger charge is -2.07. The third-order valence-electron chi connectivity index (χ3n) is 2.39. The minimum absolute atomic E-state index is 0.0159. The highest BCUT2D eigenvalue weighted by molar-refractivity contribution is 6.39. The standard InChI is InChI=1S/C12H10Cl2FNO2/c13-9-5-10(14)12(17)11-8(9)2-1-7(16-11)6-18-4-3-15/h1-2,5,17H,3-4,6H2/i15-1. The molecule has 96 valence electrons. The molecule has 2 aromatic rings. The van der Waals surface area contributed by atoms with Gasteiger partial charge in [0.25, 0.3) is 0 Å². The summed E-state index contributed by atoms with van der Waals surface area (Å²) in [4.78, 5) is 4.20. The molecule has 0 spiro atoms. The molecule has 1 aromatic heterocycles. The number of nitrogens with zero attached hydrogens (tertiary/aromatic N) is 1. The quantitative estimate of drug-likeness (QED) is 0.872. The monoisotopic (exact) mass is 288 g/mol. The number of ether oxygens (including phenoxy) is 1. The first kappa shape index (κ1) is 13.3. The van der Waals surface area contributed by atoms with Crippen molar-refractivity contribution in [3.63, 3.8) is 0 Å². The molecule has 0 amide bonds. The van der Waals surface area contributed by atoms with Crippen molar-refractivity contribution >= 4 is 34.1 Å². The molecular weight excluding hydrogens is 279 g/mol. The molecule has 1 N–H and O–H groups in total. The molecule has 0 aliphatic heterocycles. The lowest BCUT2D eigenvalue weighted by molar-refractivity contribution is 0.104. The number of alkyl halides is 1. The third kappa shape index (κ3) is 2.66. The number of pyridine rings is 1. The van der Waals surface area contributed by atoms with Crippen LogP contribution in [0.1, 0.15) is 5.69 Å². The number of hydrogen-bond donors (Lipinski definition) is 1. The Balaban J connectivity index is 2.40. The maximum absolute atomic E-state index is 11.9. The Morgan fingerprint density at radius 3 is 2.78 bits per heavy atom. The van der Waals surface area contributed by atoms with Crippen molar-refractivity contribution in [2.45, 2.75) is 6.61 Å². The number of halogens is 3. The zero-order valence-corrected chi connectivity index (χ0v) is 10.8. The Morgan fingerprint density at radius 2 is 2.06 bits per heavy atom. The highest BCUT2D eigenvalue weighted by Crippen LogP contribution is 2.36. The van der Waals surface area contributed by atoms with Gasteiger partial charge in [0.2, 0.25) is 0 Å². The molecule has 18 heavy (non-hydrogen) atoms. The van der Waals surface area contributed by atoms with Crippen LogP contribution in [0.15, 0.2) is 18.2 Å². The number of aromatic nitrogens is 1. The zero-order valence-electron chi connectivity index (χ0n) is 9.29. The molecule has 1 heterocycles. The number of hydrogen-bond acceptors (Lipinski definition) is 3. The number of aromatic hydroxyl groups is 1. The highest BCUT2D eigenvalue weighted by atomic mass is 35.5. The molecule has 0 bridgehead atoms. The van der Waals surface area contributed by atoms with Crippen LogP contribution in [0.2, 0.25) is 10.0 Å². The second kappa shape index (κ2) is 5.69. The van der Waals surface area contributed by atoms with Crippen molar-refractivity contribution in [3.8, 4) is 5.75 Å². The lowest BCUT2D eigenvalue weighted by Crippen LogP contribution is -1.99. The van der Waals surface area contributed by atoms with Gasteiger partial charge in [-0.1, -0.05) is 23.2 Å². The predicted molar refractivity (Wildman–Crippen MR) is 69.1 cm³/mol. The van der Waals surface area contributed by atoms with Crippen molar-refractivity contribution in [1.82, 2.24) is 4.98 Å². The van der Waals surface area contributed by atoms with Gasteiger partial charge >= 0.3 is 0 Å². The third-order valence-corrected chi connectivity index (χ3v) is 2.99. The van der Waals surface area contributed by atoms with E-state index >= 15 is 0 Å². The van der Waals surface area contributed by atoms with Crippen LogP contribution >= 0.6 is 23.2 Å². The van der Waals surface area contributed by atoms with Gasteiger partial charge in [-0.2, -0.15) is 0 Å². The average molecular weight is 289 g/mol. The average Bonchev–Trinajstić information content (AvgIpc) is 2.36. The van der Waals surface area contributed by atoms with E-state index in [2.05, 4.69) is 4.98 Å². The topological polar surface area (TPSA) is 42.4 Å². The van der Waals surface area contributed by atoms with E-state index in [4.69, 9.17) is 27.9 Å². The Morgan fingerprint density at radius 1 is 1.28 bits per heavy atom. The molecule has 0 aliphatic carbocycles. The van der Waals surface area contributed by atoms with E-state index < -0.39 is 6.67 Å². The normalized spacial score (nSPS) is 11.1. The summed E-state index contributed by atoms with van der Waals surface area (Å²) >= 11 is 11.8. The summed E-state index contributed by atoms with van der Waals surface area (Å²) in [6.07, 6.45) is 0. The van der Waals surface area contributed by atoms with E-state index in [1.165, 1.54) is 6.07 Å². The Kier molecular flexibility index (Phi) is 4.22. The van der Waals surface area contributed by atoms with Gasteiger partial charge in [-0.3, -0.25) is 0 Å². The number of fused-ring (bicyclic) bond motifs is 1. The second-order valence-corrected chi connectivity index (χ2v) is 4.44. The fraction of sp³-hybridized carbons (Fsp3) is 0.250. The van der Waals surface area contributed by atoms with E-state index in [0.717, 1.165) is 0 Å². The van der Waals surface area contributed by atoms with E-state index in [1.807, 2.05) is 0 Å². The van der Waals surface area contributed by atoms with Gasteiger partial charge in [0.15, 0.2) is 5.75 Å². The molecule has 3 nitrogen and oxygen atoms in total. The molecule has 0 atom stereocenters. The van der Waals surface area contributed by atoms with Crippen LogP contribution in [0.5, 0.6) is 5.75 Å². The van der Waals surface area contributed by atoms with Gasteiger partial charge in [-0.05, 0) is 18.2 Å². The van der Waals surface area contributed by atoms with Crippen molar-refractivity contribution in [2.24, 2.45) is 0 Å². The summed E-state index contributed by atoms with van der Waals surface area (Å²) in [5.41, 5.74) is 0.887. The van der Waals surface area contributed by atoms with E-state index in [-0.39, 0.29) is 24.0 Å². The largest absolute Gasteiger partial charge is 0.504 e. The number of phenolic OH excluding ortho intramolecular Hbond substituents is 1. The lowest BCUT2D eigenvalue weighted by atomic mass is 10.2. The number of benzene rings is 1. The number of phenols is 1. The van der Waals surface area contributed by atoms with Crippen molar-refractivity contribution in [3.05, 3.63) is 33.9 Å². The predicted octanol–water partition coefficient (Wildman–Crippen LogP) is 3.73. The zero-order chi connectivity index (χ0) is 13.1. The first-order valence-electron chi connectivity index (χ1n) is 5.23. The van der Waals surface area contributed by atoms with Crippen LogP contribution in [0, 0.1) is 0 Å². The summed E-state index contributed by atoms with van der Waals surface area (Å²) in [5, 5.41) is 11.0. The molecule has 6 heteroatoms. The number of rotatable bonds is 4. The molecule has 0 aliphatic rings. The summed E-state index contributed by atoms with van der Waals surface area (Å²) in [6.45, 7) is -0.359. The van der Waals surface area contributed by atoms with Crippen molar-refractivity contribution < 1.29 is 14.2 Å². The summed E-state index contributed by atoms with van der Waals surface area (Å²) in [7, 11) is 0. The Bertz CT molecular complexity index is 577. The Hall–Kier alpha value is -1.10. The smallest absolute Gasteiger partial charge is 0.160 e. The first-order valence-corrected chi connectivity index (χ1v) is 5.99. The van der Waals surface area contributed by atoms with Crippen LogP contribution in [0.4, 0.5) is 4.39 Å². The van der Waals surface area contributed by atoms with E-state index in [1.54, 1.807) is 12.1 Å². The van der Waals surface area contributed by atoms with Gasteiger partial charge in [0.05, 0.1) is 29.0 Å². The van der Waals surface area contributed by atoms with Gasteiger partial charge in [0.1, 0.15) is 12.2 Å². The van der Waals surface area contributed by atoms with E-state index in [0.29, 0.717) is 21.6 Å². The molecular formula is C12H10Cl2FNO2. The van der Waals surface area contributed by atoms with Crippen molar-refractivity contribution in [1.29, 1.82) is 0 Å². The van der Waals surface area contributed by atoms with Crippen molar-refractivity contribution in [2.75, 3.05) is 13.3 Å². The minimum Gasteiger partial charge on any atom is -0.504 e. The van der Waals surface area contributed by atoms with Crippen LogP contribution in [-0.4, -0.2) is 23.4 Å². The Labute approximate surface area is 113 Å². The summed E-state index contributed by atoms with van der Waals surface area (Å²) in [6, 6.07) is 4.89. The van der Waals surface area contributed by atoms with Gasteiger partial charge in [-0.25, -0.2) is 9.37 Å². The molecule has 0 radical (unpaired) electrons. The first-order chi connectivity index (χ1) is 8.63. The maximum atomic E-state index is 11.9. The van der Waals surface area contributed by atoms with Crippen LogP contribution < -0.4 is 0 Å². The SMILES string of the molecule is Oc1c(Cl)cc(Cl)c2ccc(COCC[18F])nc12. The fourth-order valence-electron chi connectivity index (χ4n) is 1.55. The van der Waals surface area contributed by atoms with Crippen LogP contribution in [0.25, 0.3) is 10.9 Å². The second-order valence-electron chi connectivity index (χ2n) is 3.63. The highest BCUT2D eigenvalue weighted by Gasteiger charge is 2.11. The maximum Gasteiger partial charge on any atom is 0.160 e. The van der Waals surface area contributed by atoms with E-state index in [9.17, 15) is 9.50 Å². The minimum atomic E-state index is -0.545. The summed E-state index contributed by atoms with van der Waals surface area (Å²) in [5.74, 6) is -0.122. The molecule has 0 unspecified atom stereocenters. The fourth-order valence-corrected chi connectivity index (χ4v) is 2.07. The molecule has 0 saturated heterocycles. The molecule has 0 saturated carbocycles.